The van der Waals surface area contributed by atoms with E-state index in [1.54, 1.807) is 13.2 Å². The zero-order valence-corrected chi connectivity index (χ0v) is 14.7. The van der Waals surface area contributed by atoms with E-state index in [0.717, 1.165) is 16.9 Å². The number of amides is 1. The highest BCUT2D eigenvalue weighted by atomic mass is 35.5. The minimum Gasteiger partial charge on any atom is -0.493 e. The van der Waals surface area contributed by atoms with E-state index in [2.05, 4.69) is 10.6 Å². The lowest BCUT2D eigenvalue weighted by Crippen LogP contribution is -2.06. The third kappa shape index (κ3) is 4.80. The number of ether oxygens (including phenoxy) is 2. The fraction of sp³-hybridized carbons (Fsp3) is 0.278. The Balaban J connectivity index is 2.08. The third-order valence-electron chi connectivity index (χ3n) is 3.32. The second-order valence-electron chi connectivity index (χ2n) is 5.14. The molecule has 0 aliphatic rings. The van der Waals surface area contributed by atoms with Crippen LogP contribution in [0.1, 0.15) is 19.4 Å². The third-order valence-corrected chi connectivity index (χ3v) is 3.67. The number of carbonyl (C=O) groups excluding carboxylic acids is 1. The summed E-state index contributed by atoms with van der Waals surface area (Å²) in [5, 5.41) is 6.64. The van der Waals surface area contributed by atoms with Gasteiger partial charge >= 0.3 is 0 Å². The van der Waals surface area contributed by atoms with Gasteiger partial charge in [-0.15, -0.1) is 0 Å². The van der Waals surface area contributed by atoms with Crippen LogP contribution in [-0.4, -0.2) is 19.6 Å². The van der Waals surface area contributed by atoms with E-state index >= 15 is 0 Å². The SMILES string of the molecule is CCOc1cc(CNc2ccc(NC(C)=O)cc2)c(Cl)cc1OC. The summed E-state index contributed by atoms with van der Waals surface area (Å²) in [5.41, 5.74) is 2.59. The number of hydrogen-bond acceptors (Lipinski definition) is 4. The van der Waals surface area contributed by atoms with Crippen LogP contribution in [0.4, 0.5) is 11.4 Å². The van der Waals surface area contributed by atoms with Gasteiger partial charge in [0.2, 0.25) is 5.91 Å². The molecule has 0 saturated carbocycles. The monoisotopic (exact) mass is 348 g/mol. The number of hydrogen-bond donors (Lipinski definition) is 2. The quantitative estimate of drug-likeness (QED) is 0.782. The first-order valence-corrected chi connectivity index (χ1v) is 8.02. The summed E-state index contributed by atoms with van der Waals surface area (Å²) in [6.07, 6.45) is 0. The van der Waals surface area contributed by atoms with Crippen molar-refractivity contribution in [2.45, 2.75) is 20.4 Å². The molecule has 0 aromatic heterocycles. The molecule has 128 valence electrons. The van der Waals surface area contributed by atoms with Gasteiger partial charge in [0.15, 0.2) is 11.5 Å². The van der Waals surface area contributed by atoms with Crippen molar-refractivity contribution in [3.63, 3.8) is 0 Å². The first-order valence-electron chi connectivity index (χ1n) is 7.64. The molecule has 0 aliphatic heterocycles. The van der Waals surface area contributed by atoms with E-state index in [0.29, 0.717) is 29.7 Å². The number of rotatable bonds is 7. The molecular formula is C18H21ClN2O3. The Morgan fingerprint density at radius 2 is 1.79 bits per heavy atom. The van der Waals surface area contributed by atoms with Gasteiger partial charge in [0.25, 0.3) is 0 Å². The van der Waals surface area contributed by atoms with Crippen LogP contribution in [0.3, 0.4) is 0 Å². The molecule has 5 nitrogen and oxygen atoms in total. The van der Waals surface area contributed by atoms with E-state index in [1.807, 2.05) is 37.3 Å². The van der Waals surface area contributed by atoms with Gasteiger partial charge in [-0.3, -0.25) is 4.79 Å². The Morgan fingerprint density at radius 1 is 1.12 bits per heavy atom. The summed E-state index contributed by atoms with van der Waals surface area (Å²) in [5.74, 6) is 1.19. The molecular weight excluding hydrogens is 328 g/mol. The maximum Gasteiger partial charge on any atom is 0.221 e. The van der Waals surface area contributed by atoms with Gasteiger partial charge in [-0.25, -0.2) is 0 Å². The average molecular weight is 349 g/mol. The molecule has 0 radical (unpaired) electrons. The number of methoxy groups -OCH3 is 1. The topological polar surface area (TPSA) is 59.6 Å². The maximum atomic E-state index is 11.0. The molecule has 2 aromatic rings. The van der Waals surface area contributed by atoms with Crippen LogP contribution in [0.2, 0.25) is 5.02 Å². The normalized spacial score (nSPS) is 10.2. The molecule has 0 bridgehead atoms. The van der Waals surface area contributed by atoms with E-state index in [-0.39, 0.29) is 5.91 Å². The maximum absolute atomic E-state index is 11.0. The molecule has 1 amide bonds. The number of anilines is 2. The van der Waals surface area contributed by atoms with Crippen molar-refractivity contribution in [1.82, 2.24) is 0 Å². The second-order valence-corrected chi connectivity index (χ2v) is 5.55. The summed E-state index contributed by atoms with van der Waals surface area (Å²) in [6.45, 7) is 4.49. The van der Waals surface area contributed by atoms with Crippen molar-refractivity contribution in [2.75, 3.05) is 24.4 Å². The van der Waals surface area contributed by atoms with Crippen LogP contribution >= 0.6 is 11.6 Å². The molecule has 0 atom stereocenters. The summed E-state index contributed by atoms with van der Waals surface area (Å²) >= 11 is 6.31. The van der Waals surface area contributed by atoms with Gasteiger partial charge in [0.1, 0.15) is 0 Å². The molecule has 2 aromatic carbocycles. The van der Waals surface area contributed by atoms with Crippen LogP contribution in [0.15, 0.2) is 36.4 Å². The first-order chi connectivity index (χ1) is 11.5. The van der Waals surface area contributed by atoms with E-state index in [1.165, 1.54) is 6.92 Å². The lowest BCUT2D eigenvalue weighted by Gasteiger charge is -2.14. The van der Waals surface area contributed by atoms with Crippen molar-refractivity contribution in [2.24, 2.45) is 0 Å². The molecule has 0 fully saturated rings. The summed E-state index contributed by atoms with van der Waals surface area (Å²) < 4.78 is 10.9. The standard InChI is InChI=1S/C18H21ClN2O3/c1-4-24-18-9-13(16(19)10-17(18)23-3)11-20-14-5-7-15(8-6-14)21-12(2)22/h5-10,20H,4,11H2,1-3H3,(H,21,22). The van der Waals surface area contributed by atoms with Crippen molar-refractivity contribution >= 4 is 28.9 Å². The lowest BCUT2D eigenvalue weighted by molar-refractivity contribution is -0.114. The molecule has 2 N–H and O–H groups in total. The van der Waals surface area contributed by atoms with Gasteiger partial charge in [0.05, 0.1) is 13.7 Å². The van der Waals surface area contributed by atoms with Gasteiger partial charge < -0.3 is 20.1 Å². The van der Waals surface area contributed by atoms with Crippen molar-refractivity contribution in [3.05, 3.63) is 47.0 Å². The summed E-state index contributed by atoms with van der Waals surface area (Å²) in [7, 11) is 1.59. The van der Waals surface area contributed by atoms with E-state index in [9.17, 15) is 4.79 Å². The van der Waals surface area contributed by atoms with Crippen molar-refractivity contribution < 1.29 is 14.3 Å². The second kappa shape index (κ2) is 8.45. The molecule has 0 aliphatic carbocycles. The molecule has 0 heterocycles. The minimum atomic E-state index is -0.0934. The predicted octanol–water partition coefficient (Wildman–Crippen LogP) is 4.32. The van der Waals surface area contributed by atoms with Crippen LogP contribution in [0, 0.1) is 0 Å². The first kappa shape index (κ1) is 17.9. The van der Waals surface area contributed by atoms with Gasteiger partial charge in [0, 0.05) is 35.9 Å². The van der Waals surface area contributed by atoms with Crippen LogP contribution in [0.5, 0.6) is 11.5 Å². The molecule has 0 unspecified atom stereocenters. The Morgan fingerprint density at radius 3 is 2.38 bits per heavy atom. The number of benzene rings is 2. The largest absolute Gasteiger partial charge is 0.493 e. The molecule has 2 rings (SSSR count). The molecule has 24 heavy (non-hydrogen) atoms. The highest BCUT2D eigenvalue weighted by molar-refractivity contribution is 6.31. The predicted molar refractivity (Wildman–Crippen MR) is 97.2 cm³/mol. The Bertz CT molecular complexity index is 702. The average Bonchev–Trinajstić information content (AvgIpc) is 2.56. The smallest absolute Gasteiger partial charge is 0.221 e. The zero-order chi connectivity index (χ0) is 17.5. The lowest BCUT2D eigenvalue weighted by atomic mass is 10.2. The Labute approximate surface area is 146 Å². The molecule has 6 heteroatoms. The van der Waals surface area contributed by atoms with Crippen LogP contribution in [-0.2, 0) is 11.3 Å². The van der Waals surface area contributed by atoms with Crippen molar-refractivity contribution in [1.29, 1.82) is 0 Å². The van der Waals surface area contributed by atoms with Crippen LogP contribution < -0.4 is 20.1 Å². The Kier molecular flexibility index (Phi) is 6.32. The number of halogens is 1. The highest BCUT2D eigenvalue weighted by Gasteiger charge is 2.10. The van der Waals surface area contributed by atoms with Gasteiger partial charge in [-0.05, 0) is 42.8 Å². The Hall–Kier alpha value is -2.40. The molecule has 0 spiro atoms. The fourth-order valence-corrected chi connectivity index (χ4v) is 2.43. The number of nitrogens with one attached hydrogen (secondary N) is 2. The van der Waals surface area contributed by atoms with Gasteiger partial charge in [-0.2, -0.15) is 0 Å². The summed E-state index contributed by atoms with van der Waals surface area (Å²) in [6, 6.07) is 11.1. The summed E-state index contributed by atoms with van der Waals surface area (Å²) in [4.78, 5) is 11.0. The van der Waals surface area contributed by atoms with E-state index < -0.39 is 0 Å². The minimum absolute atomic E-state index is 0.0934. The van der Waals surface area contributed by atoms with Crippen LogP contribution in [0.25, 0.3) is 0 Å². The van der Waals surface area contributed by atoms with Crippen molar-refractivity contribution in [3.8, 4) is 11.5 Å². The van der Waals surface area contributed by atoms with Gasteiger partial charge in [-0.1, -0.05) is 11.6 Å². The van der Waals surface area contributed by atoms with E-state index in [4.69, 9.17) is 21.1 Å². The fourth-order valence-electron chi connectivity index (χ4n) is 2.21. The zero-order valence-electron chi connectivity index (χ0n) is 14.0. The molecule has 0 saturated heterocycles. The number of carbonyl (C=O) groups is 1. The highest BCUT2D eigenvalue weighted by Crippen LogP contribution is 2.33.